The Kier molecular flexibility index (Phi) is 4.79. The maximum atomic E-state index is 13.5. The molecule has 2 aromatic carbocycles. The molecule has 2 aliphatic rings. The van der Waals surface area contributed by atoms with Crippen molar-refractivity contribution in [1.29, 1.82) is 0 Å². The number of ether oxygens (including phenoxy) is 1. The number of carbonyl (C=O) groups is 1. The zero-order valence-corrected chi connectivity index (χ0v) is 19.0. The molecule has 0 unspecified atom stereocenters. The maximum Gasteiger partial charge on any atom is 0.343 e. The van der Waals surface area contributed by atoms with Gasteiger partial charge in [0.1, 0.15) is 6.61 Å². The van der Waals surface area contributed by atoms with Crippen LogP contribution in [0.4, 0.5) is 5.69 Å². The molecule has 35 heavy (non-hydrogen) atoms. The van der Waals surface area contributed by atoms with E-state index in [1.54, 1.807) is 23.8 Å². The summed E-state index contributed by atoms with van der Waals surface area (Å²) in [4.78, 5) is 30.8. The van der Waals surface area contributed by atoms with Crippen molar-refractivity contribution in [1.82, 2.24) is 9.55 Å². The van der Waals surface area contributed by atoms with Gasteiger partial charge in [-0.3, -0.25) is 10.2 Å². The van der Waals surface area contributed by atoms with Crippen molar-refractivity contribution >= 4 is 28.8 Å². The van der Waals surface area contributed by atoms with E-state index in [1.165, 1.54) is 0 Å². The van der Waals surface area contributed by atoms with E-state index in [-0.39, 0.29) is 18.6 Å². The summed E-state index contributed by atoms with van der Waals surface area (Å²) in [5.74, 6) is -0.735. The first-order chi connectivity index (χ1) is 17.0. The molecule has 4 heterocycles. The Balaban J connectivity index is 1.54. The number of pyridine rings is 2. The monoisotopic (exact) mass is 466 g/mol. The second-order valence-electron chi connectivity index (χ2n) is 8.71. The number of nitrogens with zero attached hydrogens (tertiary/aromatic N) is 3. The number of carbonyl (C=O) groups excluding carboxylic acids is 1. The van der Waals surface area contributed by atoms with Crippen LogP contribution in [0.2, 0.25) is 0 Å². The highest BCUT2D eigenvalue weighted by molar-refractivity contribution is 6.02. The minimum absolute atomic E-state index is 0.1000. The number of benzene rings is 2. The van der Waals surface area contributed by atoms with E-state index < -0.39 is 11.6 Å². The van der Waals surface area contributed by atoms with Crippen LogP contribution in [0.3, 0.4) is 0 Å². The maximum absolute atomic E-state index is 13.5. The van der Waals surface area contributed by atoms with E-state index in [9.17, 15) is 14.7 Å². The minimum Gasteiger partial charge on any atom is -0.458 e. The van der Waals surface area contributed by atoms with Crippen LogP contribution in [-0.2, 0) is 28.3 Å². The summed E-state index contributed by atoms with van der Waals surface area (Å²) in [6, 6.07) is 19.1. The van der Waals surface area contributed by atoms with Gasteiger partial charge in [-0.15, -0.1) is 0 Å². The van der Waals surface area contributed by atoms with Crippen molar-refractivity contribution in [3.8, 4) is 11.4 Å². The lowest BCUT2D eigenvalue weighted by Crippen LogP contribution is -2.44. The van der Waals surface area contributed by atoms with Gasteiger partial charge in [-0.05, 0) is 30.7 Å². The molecule has 4 aromatic rings. The first-order valence-electron chi connectivity index (χ1n) is 11.4. The lowest BCUT2D eigenvalue weighted by atomic mass is 9.86. The number of rotatable bonds is 4. The van der Waals surface area contributed by atoms with E-state index in [0.29, 0.717) is 29.1 Å². The highest BCUT2D eigenvalue weighted by Crippen LogP contribution is 2.39. The van der Waals surface area contributed by atoms with Gasteiger partial charge >= 0.3 is 5.97 Å². The zero-order chi connectivity index (χ0) is 24.2. The molecule has 174 valence electrons. The lowest BCUT2D eigenvalue weighted by Gasteiger charge is -2.31. The number of fused-ring (bicyclic) bond motifs is 5. The largest absolute Gasteiger partial charge is 0.458 e. The molecule has 0 aliphatic carbocycles. The number of para-hydroxylation sites is 2. The predicted octanol–water partition coefficient (Wildman–Crippen LogP) is 3.53. The summed E-state index contributed by atoms with van der Waals surface area (Å²) < 4.78 is 6.79. The topological polar surface area (TPSA) is 106 Å². The van der Waals surface area contributed by atoms with Crippen LogP contribution >= 0.6 is 0 Å². The van der Waals surface area contributed by atoms with Crippen molar-refractivity contribution in [2.24, 2.45) is 5.10 Å². The number of hydrogen-bond donors (Lipinski definition) is 2. The summed E-state index contributed by atoms with van der Waals surface area (Å²) in [6.45, 7) is 1.84. The van der Waals surface area contributed by atoms with E-state index in [4.69, 9.17) is 9.72 Å². The van der Waals surface area contributed by atoms with Crippen molar-refractivity contribution in [2.45, 2.75) is 32.1 Å². The van der Waals surface area contributed by atoms with Crippen LogP contribution in [0.25, 0.3) is 22.3 Å². The van der Waals surface area contributed by atoms with Gasteiger partial charge in [-0.2, -0.15) is 5.10 Å². The van der Waals surface area contributed by atoms with Crippen molar-refractivity contribution in [3.63, 3.8) is 0 Å². The van der Waals surface area contributed by atoms with Gasteiger partial charge < -0.3 is 14.4 Å². The molecule has 0 bridgehead atoms. The van der Waals surface area contributed by atoms with Gasteiger partial charge in [0, 0.05) is 22.1 Å². The van der Waals surface area contributed by atoms with Crippen LogP contribution in [0, 0.1) is 0 Å². The summed E-state index contributed by atoms with van der Waals surface area (Å²) in [7, 11) is 0. The fourth-order valence-electron chi connectivity index (χ4n) is 4.89. The Hall–Kier alpha value is -4.30. The minimum atomic E-state index is -1.86. The van der Waals surface area contributed by atoms with E-state index in [0.717, 1.165) is 27.7 Å². The predicted molar refractivity (Wildman–Crippen MR) is 132 cm³/mol. The van der Waals surface area contributed by atoms with Gasteiger partial charge in [0.05, 0.1) is 40.9 Å². The quantitative estimate of drug-likeness (QED) is 0.239. The van der Waals surface area contributed by atoms with Gasteiger partial charge in [0.2, 0.25) is 0 Å². The number of hydrazone groups is 1. The van der Waals surface area contributed by atoms with E-state index in [1.807, 2.05) is 54.6 Å². The summed E-state index contributed by atoms with van der Waals surface area (Å²) >= 11 is 0. The molecule has 2 aliphatic heterocycles. The van der Waals surface area contributed by atoms with Crippen LogP contribution in [0.5, 0.6) is 0 Å². The number of anilines is 1. The molecule has 0 radical (unpaired) electrons. The fraction of sp³-hybridized carbons (Fsp3) is 0.185. The molecular weight excluding hydrogens is 444 g/mol. The van der Waals surface area contributed by atoms with Crippen molar-refractivity contribution in [2.75, 3.05) is 5.43 Å². The van der Waals surface area contributed by atoms with Crippen LogP contribution in [-0.4, -0.2) is 26.8 Å². The molecule has 1 atom stereocenters. The number of esters is 1. The normalized spacial score (nSPS) is 18.3. The third-order valence-corrected chi connectivity index (χ3v) is 6.80. The molecule has 0 spiro atoms. The average Bonchev–Trinajstić information content (AvgIpc) is 3.25. The van der Waals surface area contributed by atoms with Crippen molar-refractivity contribution < 1.29 is 14.6 Å². The molecule has 2 N–H and O–H groups in total. The Morgan fingerprint density at radius 3 is 2.71 bits per heavy atom. The van der Waals surface area contributed by atoms with Crippen LogP contribution < -0.4 is 11.0 Å². The second-order valence-corrected chi connectivity index (χ2v) is 8.71. The fourth-order valence-corrected chi connectivity index (χ4v) is 4.89. The molecule has 6 rings (SSSR count). The van der Waals surface area contributed by atoms with E-state index in [2.05, 4.69) is 10.5 Å². The molecule has 0 saturated carbocycles. The van der Waals surface area contributed by atoms with Crippen molar-refractivity contribution in [3.05, 3.63) is 93.3 Å². The summed E-state index contributed by atoms with van der Waals surface area (Å²) in [6.07, 6.45) is 1.85. The Labute approximate surface area is 200 Å². The van der Waals surface area contributed by atoms with Gasteiger partial charge in [0.25, 0.3) is 5.56 Å². The SMILES string of the molecule is CC[C@@]1(O)C(=O)OCc2c1cc1n(c2=O)Cc2c-1nc1ccccc1c2/C=N/Nc1ccccc1. The Morgan fingerprint density at radius 1 is 1.14 bits per heavy atom. The smallest absolute Gasteiger partial charge is 0.343 e. The Bertz CT molecular complexity index is 1590. The number of cyclic esters (lactones) is 1. The highest BCUT2D eigenvalue weighted by atomic mass is 16.6. The molecule has 0 fully saturated rings. The first-order valence-corrected chi connectivity index (χ1v) is 11.4. The Morgan fingerprint density at radius 2 is 1.91 bits per heavy atom. The highest BCUT2D eigenvalue weighted by Gasteiger charge is 2.45. The number of nitrogens with one attached hydrogen (secondary N) is 1. The standard InChI is InChI=1S/C27H22N4O4/c1-2-27(34)21-12-23-24-19(14-31(23)25(32)20(21)15-35-26(27)33)18(17-10-6-7-11-22(17)29-24)13-28-30-16-8-4-3-5-9-16/h3-13,30,34H,2,14-15H2,1H3/b28-13+/t27-/m0/s1. The number of aliphatic hydroxyl groups is 1. The third kappa shape index (κ3) is 3.18. The summed E-state index contributed by atoms with van der Waals surface area (Å²) in [5, 5.41) is 16.5. The van der Waals surface area contributed by atoms with E-state index >= 15 is 0 Å². The van der Waals surface area contributed by atoms with Crippen LogP contribution in [0.1, 0.15) is 35.6 Å². The third-order valence-electron chi connectivity index (χ3n) is 6.80. The first kappa shape index (κ1) is 21.2. The second kappa shape index (κ2) is 7.89. The number of hydrogen-bond acceptors (Lipinski definition) is 7. The van der Waals surface area contributed by atoms with Gasteiger partial charge in [-0.1, -0.05) is 43.3 Å². The molecule has 2 aromatic heterocycles. The average molecular weight is 466 g/mol. The molecule has 8 nitrogen and oxygen atoms in total. The molecule has 8 heteroatoms. The molecule has 0 saturated heterocycles. The lowest BCUT2D eigenvalue weighted by molar-refractivity contribution is -0.172. The number of aromatic nitrogens is 2. The van der Waals surface area contributed by atoms with Crippen LogP contribution in [0.15, 0.2) is 70.6 Å². The molecular formula is C27H22N4O4. The summed E-state index contributed by atoms with van der Waals surface area (Å²) in [5.41, 5.74) is 6.04. The van der Waals surface area contributed by atoms with Gasteiger partial charge in [-0.25, -0.2) is 9.78 Å². The van der Waals surface area contributed by atoms with Gasteiger partial charge in [0.15, 0.2) is 5.60 Å². The zero-order valence-electron chi connectivity index (χ0n) is 19.0. The molecule has 0 amide bonds.